The maximum Gasteiger partial charge on any atom is 0.417 e. The van der Waals surface area contributed by atoms with E-state index < -0.39 is 23.5 Å². The minimum absolute atomic E-state index is 0.00389. The molecule has 0 heterocycles. The molecule has 0 atom stereocenters. The van der Waals surface area contributed by atoms with Gasteiger partial charge in [-0.3, -0.25) is 9.59 Å². The number of nitrogens with two attached hydrogens (primary N) is 1. The predicted octanol–water partition coefficient (Wildman–Crippen LogP) is 8.20. The highest BCUT2D eigenvalue weighted by Crippen LogP contribution is 2.37. The Bertz CT molecular complexity index is 1070. The van der Waals surface area contributed by atoms with Gasteiger partial charge in [-0.2, -0.15) is 26.3 Å². The fourth-order valence-corrected chi connectivity index (χ4v) is 3.88. The monoisotopic (exact) mass is 649 g/mol. The van der Waals surface area contributed by atoms with Crippen molar-refractivity contribution in [1.82, 2.24) is 0 Å². The molecule has 4 rings (SSSR count). The quantitative estimate of drug-likeness (QED) is 0.206. The average Bonchev–Trinajstić information content (AvgIpc) is 3.63. The first-order valence-corrected chi connectivity index (χ1v) is 12.3. The van der Waals surface area contributed by atoms with E-state index in [2.05, 4.69) is 31.9 Å². The number of alkyl halides is 6. The summed E-state index contributed by atoms with van der Waals surface area (Å²) in [5, 5.41) is -0.157. The smallest absolute Gasteiger partial charge is 0.399 e. The van der Waals surface area contributed by atoms with E-state index in [1.54, 1.807) is 6.07 Å². The summed E-state index contributed by atoms with van der Waals surface area (Å²) >= 11 is 10.7. The number of hydrogen-bond donors (Lipinski definition) is 1. The van der Waals surface area contributed by atoms with E-state index in [4.69, 9.17) is 17.3 Å². The largest absolute Gasteiger partial charge is 0.417 e. The first kappa shape index (κ1) is 29.6. The molecule has 0 aromatic heterocycles. The molecule has 0 saturated heterocycles. The fourth-order valence-electron chi connectivity index (χ4n) is 2.72. The Labute approximate surface area is 219 Å². The van der Waals surface area contributed by atoms with Gasteiger partial charge in [0.25, 0.3) is 0 Å². The van der Waals surface area contributed by atoms with Crippen LogP contribution in [0.25, 0.3) is 0 Å². The molecule has 0 aliphatic heterocycles. The Hall–Kier alpha value is -1.59. The second-order valence-electron chi connectivity index (χ2n) is 8.04. The molecule has 2 aromatic rings. The van der Waals surface area contributed by atoms with Crippen LogP contribution in [-0.2, 0) is 28.4 Å². The Morgan fingerprint density at radius 2 is 1.29 bits per heavy atom. The van der Waals surface area contributed by atoms with Crippen molar-refractivity contribution in [3.8, 4) is 0 Å². The third-order valence-electron chi connectivity index (χ3n) is 4.94. The van der Waals surface area contributed by atoms with Crippen molar-refractivity contribution in [2.75, 3.05) is 5.73 Å². The van der Waals surface area contributed by atoms with Crippen LogP contribution in [0.4, 0.5) is 32.0 Å². The molecule has 0 unspecified atom stereocenters. The standard InChI is InChI=1S/C12H10BrF3O.C7H5BrF3N.C4H5ClO/c13-10-4-1-7(5-9(10)12(14,15)16)6-11(17)8-2-3-8;8-6-2-1-4(12)3-5(6)7(9,10)11;5-4(6)3-1-2-3/h1,4-5,8H,2-3,6H2;1-3H,12H2;3H,1-2H2. The highest BCUT2D eigenvalue weighted by molar-refractivity contribution is 9.10. The molecule has 0 amide bonds. The van der Waals surface area contributed by atoms with Crippen LogP contribution in [0.1, 0.15) is 42.4 Å². The number of nitrogen functional groups attached to an aromatic ring is 1. The number of anilines is 1. The van der Waals surface area contributed by atoms with E-state index in [1.807, 2.05) is 0 Å². The van der Waals surface area contributed by atoms with Gasteiger partial charge in [0, 0.05) is 32.9 Å². The van der Waals surface area contributed by atoms with Crippen molar-refractivity contribution in [3.05, 3.63) is 62.0 Å². The highest BCUT2D eigenvalue weighted by Gasteiger charge is 2.34. The fraction of sp³-hybridized carbons (Fsp3) is 0.391. The van der Waals surface area contributed by atoms with E-state index in [-0.39, 0.29) is 43.9 Å². The van der Waals surface area contributed by atoms with Crippen LogP contribution < -0.4 is 5.73 Å². The van der Waals surface area contributed by atoms with Crippen LogP contribution in [0.5, 0.6) is 0 Å². The molecule has 3 nitrogen and oxygen atoms in total. The van der Waals surface area contributed by atoms with Crippen LogP contribution in [0.15, 0.2) is 45.3 Å². The SMILES string of the molecule is Nc1ccc(Br)c(C(F)(F)F)c1.O=C(Cc1ccc(Br)c(C(F)(F)F)c1)C1CC1.O=C(Cl)C1CC1. The third kappa shape index (κ3) is 10.1. The Morgan fingerprint density at radius 1 is 0.829 bits per heavy atom. The van der Waals surface area contributed by atoms with Crippen molar-refractivity contribution in [3.63, 3.8) is 0 Å². The molecule has 2 aromatic carbocycles. The Balaban J connectivity index is 0.000000207. The number of carbonyl (C=O) groups is 2. The van der Waals surface area contributed by atoms with Gasteiger partial charge in [-0.1, -0.05) is 37.9 Å². The van der Waals surface area contributed by atoms with Crippen molar-refractivity contribution in [2.45, 2.75) is 44.5 Å². The molecular formula is C23H20Br2ClF6NO2. The van der Waals surface area contributed by atoms with Gasteiger partial charge in [-0.25, -0.2) is 0 Å². The molecule has 0 radical (unpaired) electrons. The van der Waals surface area contributed by atoms with E-state index in [0.29, 0.717) is 5.56 Å². The summed E-state index contributed by atoms with van der Waals surface area (Å²) in [6.07, 6.45) is -4.86. The lowest BCUT2D eigenvalue weighted by atomic mass is 10.0. The maximum atomic E-state index is 12.6. The van der Waals surface area contributed by atoms with Crippen LogP contribution in [0.3, 0.4) is 0 Å². The molecule has 2 aliphatic rings. The Kier molecular flexibility index (Phi) is 10.2. The minimum atomic E-state index is -4.39. The van der Waals surface area contributed by atoms with Crippen LogP contribution in [-0.4, -0.2) is 11.0 Å². The average molecular weight is 652 g/mol. The van der Waals surface area contributed by atoms with Crippen molar-refractivity contribution in [1.29, 1.82) is 0 Å². The molecule has 2 saturated carbocycles. The molecule has 0 bridgehead atoms. The van der Waals surface area contributed by atoms with Gasteiger partial charge in [-0.05, 0) is 73.2 Å². The number of hydrogen-bond acceptors (Lipinski definition) is 3. The van der Waals surface area contributed by atoms with E-state index in [1.165, 1.54) is 18.2 Å². The van der Waals surface area contributed by atoms with E-state index >= 15 is 0 Å². The molecule has 2 N–H and O–H groups in total. The van der Waals surface area contributed by atoms with Crippen LogP contribution in [0, 0.1) is 11.8 Å². The Morgan fingerprint density at radius 3 is 1.66 bits per heavy atom. The summed E-state index contributed by atoms with van der Waals surface area (Å²) in [6.45, 7) is 0. The first-order chi connectivity index (χ1) is 16.1. The molecule has 192 valence electrons. The lowest BCUT2D eigenvalue weighted by Crippen LogP contribution is -2.09. The van der Waals surface area contributed by atoms with Crippen molar-refractivity contribution < 1.29 is 35.9 Å². The summed E-state index contributed by atoms with van der Waals surface area (Å²) in [4.78, 5) is 21.5. The molecule has 35 heavy (non-hydrogen) atoms. The zero-order valence-electron chi connectivity index (χ0n) is 17.9. The molecule has 2 fully saturated rings. The summed E-state index contributed by atoms with van der Waals surface area (Å²) in [6, 6.07) is 7.52. The summed E-state index contributed by atoms with van der Waals surface area (Å²) in [5.41, 5.74) is 4.26. The maximum absolute atomic E-state index is 12.6. The summed E-state index contributed by atoms with van der Waals surface area (Å²) < 4.78 is 74.3. The highest BCUT2D eigenvalue weighted by atomic mass is 79.9. The lowest BCUT2D eigenvalue weighted by Gasteiger charge is -2.10. The molecule has 2 aliphatic carbocycles. The number of benzene rings is 2. The zero-order chi connectivity index (χ0) is 26.6. The van der Waals surface area contributed by atoms with Crippen LogP contribution in [0.2, 0.25) is 0 Å². The van der Waals surface area contributed by atoms with Gasteiger partial charge < -0.3 is 5.73 Å². The van der Waals surface area contributed by atoms with Crippen LogP contribution >= 0.6 is 43.5 Å². The third-order valence-corrected chi connectivity index (χ3v) is 6.63. The summed E-state index contributed by atoms with van der Waals surface area (Å²) in [5.74, 6) is 0.347. The van der Waals surface area contributed by atoms with Gasteiger partial charge in [0.15, 0.2) is 0 Å². The normalized spacial score (nSPS) is 15.3. The van der Waals surface area contributed by atoms with Crippen molar-refractivity contribution in [2.24, 2.45) is 11.8 Å². The second kappa shape index (κ2) is 12.1. The molecule has 12 heteroatoms. The number of carbonyl (C=O) groups excluding carboxylic acids is 2. The number of rotatable bonds is 4. The summed E-state index contributed by atoms with van der Waals surface area (Å²) in [7, 11) is 0. The van der Waals surface area contributed by atoms with Gasteiger partial charge in [-0.15, -0.1) is 0 Å². The van der Waals surface area contributed by atoms with Gasteiger partial charge in [0.1, 0.15) is 5.78 Å². The predicted molar refractivity (Wildman–Crippen MR) is 128 cm³/mol. The van der Waals surface area contributed by atoms with Gasteiger partial charge >= 0.3 is 12.4 Å². The number of halogens is 9. The van der Waals surface area contributed by atoms with E-state index in [0.717, 1.165) is 37.8 Å². The second-order valence-corrected chi connectivity index (χ2v) is 10.1. The lowest BCUT2D eigenvalue weighted by molar-refractivity contribution is -0.139. The molecule has 0 spiro atoms. The van der Waals surface area contributed by atoms with Gasteiger partial charge in [0.05, 0.1) is 11.1 Å². The minimum Gasteiger partial charge on any atom is -0.399 e. The van der Waals surface area contributed by atoms with Gasteiger partial charge in [0.2, 0.25) is 5.24 Å². The van der Waals surface area contributed by atoms with E-state index in [9.17, 15) is 35.9 Å². The number of ketones is 1. The zero-order valence-corrected chi connectivity index (χ0v) is 21.9. The topological polar surface area (TPSA) is 60.2 Å². The first-order valence-electron chi connectivity index (χ1n) is 10.3. The van der Waals surface area contributed by atoms with Crippen molar-refractivity contribution >= 4 is 60.2 Å². The molecular weight excluding hydrogens is 632 g/mol. The number of Topliss-reactive ketones (excluding diaryl/α,β-unsaturated/α-hetero) is 1.